The Labute approximate surface area is 162 Å². The van der Waals surface area contributed by atoms with Gasteiger partial charge in [0.1, 0.15) is 24.0 Å². The van der Waals surface area contributed by atoms with Gasteiger partial charge in [-0.15, -0.1) is 0 Å². The number of ether oxygens (including phenoxy) is 1. The van der Waals surface area contributed by atoms with Crippen molar-refractivity contribution >= 4 is 11.5 Å². The van der Waals surface area contributed by atoms with Crippen molar-refractivity contribution in [1.82, 2.24) is 24.4 Å². The third-order valence-electron chi connectivity index (χ3n) is 5.55. The molecule has 1 unspecified atom stereocenters. The molecule has 5 rings (SSSR count). The van der Waals surface area contributed by atoms with Crippen molar-refractivity contribution in [2.45, 2.75) is 6.04 Å². The van der Waals surface area contributed by atoms with Gasteiger partial charge in [0.05, 0.1) is 12.2 Å². The van der Waals surface area contributed by atoms with Gasteiger partial charge in [0.15, 0.2) is 5.65 Å². The summed E-state index contributed by atoms with van der Waals surface area (Å²) in [5.74, 6) is 1.12. The molecule has 146 valence electrons. The Balaban J connectivity index is 1.57. The summed E-state index contributed by atoms with van der Waals surface area (Å²) in [6.45, 7) is 5.26. The number of nitrogens with zero attached hydrogens (tertiary/aromatic N) is 5. The van der Waals surface area contributed by atoms with E-state index in [0.29, 0.717) is 35.2 Å². The number of piperazine rings is 1. The van der Waals surface area contributed by atoms with Crippen LogP contribution in [0.3, 0.4) is 0 Å². The van der Waals surface area contributed by atoms with Crippen LogP contribution in [0.1, 0.15) is 0 Å². The average molecular weight is 382 g/mol. The average Bonchev–Trinajstić information content (AvgIpc) is 3.11. The lowest BCUT2D eigenvalue weighted by Gasteiger charge is -2.39. The number of nitrogens with one attached hydrogen (secondary N) is 1. The van der Waals surface area contributed by atoms with E-state index in [9.17, 15) is 4.39 Å². The number of fused-ring (bicyclic) bond motifs is 5. The number of halogens is 1. The molecule has 4 heterocycles. The highest BCUT2D eigenvalue weighted by Gasteiger charge is 2.26. The molecule has 2 aliphatic heterocycles. The van der Waals surface area contributed by atoms with Crippen molar-refractivity contribution in [2.75, 3.05) is 51.7 Å². The molecule has 3 aromatic rings. The van der Waals surface area contributed by atoms with Crippen molar-refractivity contribution in [2.24, 2.45) is 0 Å². The lowest BCUT2D eigenvalue weighted by molar-refractivity contribution is 0.0612. The summed E-state index contributed by atoms with van der Waals surface area (Å²) < 4.78 is 22.4. The number of hydrogen-bond donors (Lipinski definition) is 1. The van der Waals surface area contributed by atoms with Crippen LogP contribution in [0.2, 0.25) is 0 Å². The van der Waals surface area contributed by atoms with E-state index in [1.807, 2.05) is 12.3 Å². The Morgan fingerprint density at radius 2 is 2.11 bits per heavy atom. The normalized spacial score (nSPS) is 21.0. The quantitative estimate of drug-likeness (QED) is 0.642. The summed E-state index contributed by atoms with van der Waals surface area (Å²) in [5.41, 5.74) is 1.73. The molecule has 7 nitrogen and oxygen atoms in total. The molecular formula is C20H23FN6O. The molecule has 0 saturated carbocycles. The summed E-state index contributed by atoms with van der Waals surface area (Å²) in [7, 11) is 2.14. The molecule has 1 N–H and O–H groups in total. The fourth-order valence-electron chi connectivity index (χ4n) is 3.98. The van der Waals surface area contributed by atoms with E-state index in [4.69, 9.17) is 4.74 Å². The Bertz CT molecular complexity index is 1010. The van der Waals surface area contributed by atoms with Gasteiger partial charge in [-0.2, -0.15) is 5.10 Å². The molecule has 0 aliphatic carbocycles. The number of anilines is 1. The third-order valence-corrected chi connectivity index (χ3v) is 5.55. The Morgan fingerprint density at radius 1 is 1.18 bits per heavy atom. The van der Waals surface area contributed by atoms with Gasteiger partial charge in [-0.1, -0.05) is 0 Å². The van der Waals surface area contributed by atoms with E-state index in [1.54, 1.807) is 22.8 Å². The summed E-state index contributed by atoms with van der Waals surface area (Å²) in [6.07, 6.45) is 3.49. The second-order valence-electron chi connectivity index (χ2n) is 7.47. The highest BCUT2D eigenvalue weighted by atomic mass is 19.1. The van der Waals surface area contributed by atoms with Gasteiger partial charge in [-0.3, -0.25) is 4.90 Å². The van der Waals surface area contributed by atoms with Crippen molar-refractivity contribution in [1.29, 1.82) is 0 Å². The van der Waals surface area contributed by atoms with Crippen molar-refractivity contribution < 1.29 is 9.13 Å². The van der Waals surface area contributed by atoms with E-state index in [0.717, 1.165) is 38.5 Å². The third kappa shape index (κ3) is 3.18. The monoisotopic (exact) mass is 382 g/mol. The molecule has 4 bridgehead atoms. The topological polar surface area (TPSA) is 57.9 Å². The Kier molecular flexibility index (Phi) is 4.37. The molecular weight excluding hydrogens is 359 g/mol. The van der Waals surface area contributed by atoms with Gasteiger partial charge in [-0.25, -0.2) is 13.9 Å². The first kappa shape index (κ1) is 17.4. The van der Waals surface area contributed by atoms with Crippen molar-refractivity contribution in [3.8, 4) is 16.9 Å². The maximum Gasteiger partial charge on any atom is 0.165 e. The largest absolute Gasteiger partial charge is 0.492 e. The molecule has 1 fully saturated rings. The van der Waals surface area contributed by atoms with Gasteiger partial charge < -0.3 is 15.0 Å². The minimum Gasteiger partial charge on any atom is -0.492 e. The second kappa shape index (κ2) is 7.03. The van der Waals surface area contributed by atoms with Gasteiger partial charge in [-0.05, 0) is 31.3 Å². The first-order chi connectivity index (χ1) is 13.7. The minimum atomic E-state index is -0.312. The van der Waals surface area contributed by atoms with E-state index < -0.39 is 0 Å². The molecule has 0 radical (unpaired) electrons. The Morgan fingerprint density at radius 3 is 3.04 bits per heavy atom. The van der Waals surface area contributed by atoms with E-state index in [1.165, 1.54) is 6.07 Å². The zero-order valence-corrected chi connectivity index (χ0v) is 15.8. The number of rotatable bonds is 0. The SMILES string of the molecule is CN1CCN2CCNc3ccn4ncc(c4n3)-c3cc(ccc3F)OCC2C1. The Hall–Kier alpha value is -2.71. The van der Waals surface area contributed by atoms with Crippen LogP contribution in [0.15, 0.2) is 36.7 Å². The highest BCUT2D eigenvalue weighted by molar-refractivity contribution is 5.78. The van der Waals surface area contributed by atoms with Crippen LogP contribution >= 0.6 is 0 Å². The van der Waals surface area contributed by atoms with Gasteiger partial charge in [0.2, 0.25) is 0 Å². The van der Waals surface area contributed by atoms with Crippen LogP contribution in [-0.2, 0) is 0 Å². The summed E-state index contributed by atoms with van der Waals surface area (Å²) in [6, 6.07) is 7.07. The van der Waals surface area contributed by atoms with Crippen LogP contribution in [0.25, 0.3) is 16.8 Å². The molecule has 0 amide bonds. The fraction of sp³-hybridized carbons (Fsp3) is 0.400. The van der Waals surface area contributed by atoms with Crippen LogP contribution in [0.5, 0.6) is 5.75 Å². The summed E-state index contributed by atoms with van der Waals surface area (Å²) >= 11 is 0. The number of benzene rings is 1. The smallest absolute Gasteiger partial charge is 0.165 e. The van der Waals surface area contributed by atoms with Crippen LogP contribution < -0.4 is 10.1 Å². The van der Waals surface area contributed by atoms with Gasteiger partial charge in [0, 0.05) is 50.0 Å². The maximum atomic E-state index is 14.6. The van der Waals surface area contributed by atoms with Crippen LogP contribution in [-0.4, -0.2) is 76.8 Å². The van der Waals surface area contributed by atoms with E-state index >= 15 is 0 Å². The maximum absolute atomic E-state index is 14.6. The predicted octanol–water partition coefficient (Wildman–Crippen LogP) is 1.96. The first-order valence-electron chi connectivity index (χ1n) is 9.61. The number of likely N-dealkylation sites (N-methyl/N-ethyl adjacent to an activating group) is 1. The molecule has 1 saturated heterocycles. The standard InChI is InChI=1S/C20H23FN6O/c1-25-8-9-26-7-5-22-19-4-6-27-20(24-19)17(11-23-27)16-10-15(2-3-18(16)21)28-13-14(26)12-25/h2-4,6,10-11,14H,5,7-9,12-13H2,1H3,(H,22,24). The van der Waals surface area contributed by atoms with Crippen molar-refractivity contribution in [3.05, 3.63) is 42.5 Å². The second-order valence-corrected chi connectivity index (χ2v) is 7.47. The van der Waals surface area contributed by atoms with Gasteiger partial charge in [0.25, 0.3) is 0 Å². The lowest BCUT2D eigenvalue weighted by Crippen LogP contribution is -2.55. The zero-order valence-electron chi connectivity index (χ0n) is 15.8. The van der Waals surface area contributed by atoms with Crippen LogP contribution in [0, 0.1) is 5.82 Å². The molecule has 2 aromatic heterocycles. The highest BCUT2D eigenvalue weighted by Crippen LogP contribution is 2.30. The molecule has 1 atom stereocenters. The van der Waals surface area contributed by atoms with Gasteiger partial charge >= 0.3 is 0 Å². The molecule has 8 heteroatoms. The summed E-state index contributed by atoms with van der Waals surface area (Å²) in [4.78, 5) is 9.44. The molecule has 0 spiro atoms. The summed E-state index contributed by atoms with van der Waals surface area (Å²) in [5, 5.41) is 7.71. The predicted molar refractivity (Wildman–Crippen MR) is 105 cm³/mol. The molecule has 28 heavy (non-hydrogen) atoms. The van der Waals surface area contributed by atoms with E-state index in [2.05, 4.69) is 32.2 Å². The zero-order chi connectivity index (χ0) is 19.1. The van der Waals surface area contributed by atoms with E-state index in [-0.39, 0.29) is 5.82 Å². The number of hydrogen-bond acceptors (Lipinski definition) is 6. The molecule has 1 aromatic carbocycles. The first-order valence-corrected chi connectivity index (χ1v) is 9.61. The van der Waals surface area contributed by atoms with Crippen molar-refractivity contribution in [3.63, 3.8) is 0 Å². The lowest BCUT2D eigenvalue weighted by atomic mass is 10.1. The molecule has 2 aliphatic rings. The van der Waals surface area contributed by atoms with Crippen LogP contribution in [0.4, 0.5) is 10.2 Å². The number of aromatic nitrogens is 3. The fourth-order valence-corrected chi connectivity index (χ4v) is 3.98. The minimum absolute atomic E-state index is 0.291.